The highest BCUT2D eigenvalue weighted by molar-refractivity contribution is 7.14. The van der Waals surface area contributed by atoms with Gasteiger partial charge in [0.25, 0.3) is 5.91 Å². The Hall–Kier alpha value is -2.12. The molecule has 1 amide bonds. The van der Waals surface area contributed by atoms with Crippen molar-refractivity contribution in [2.24, 2.45) is 0 Å². The van der Waals surface area contributed by atoms with Crippen LogP contribution in [0.1, 0.15) is 23.7 Å². The van der Waals surface area contributed by atoms with Crippen LogP contribution < -0.4 is 9.64 Å². The Morgan fingerprint density at radius 1 is 1.26 bits per heavy atom. The number of methoxy groups -OCH3 is 1. The van der Waals surface area contributed by atoms with E-state index in [1.165, 1.54) is 0 Å². The highest BCUT2D eigenvalue weighted by atomic mass is 32.1. The summed E-state index contributed by atoms with van der Waals surface area (Å²) in [5.74, 6) is 0.813. The zero-order valence-electron chi connectivity index (χ0n) is 16.6. The van der Waals surface area contributed by atoms with E-state index < -0.39 is 0 Å². The van der Waals surface area contributed by atoms with Crippen molar-refractivity contribution in [1.29, 1.82) is 0 Å². The lowest BCUT2D eigenvalue weighted by molar-refractivity contribution is 0.0637. The van der Waals surface area contributed by atoms with Gasteiger partial charge in [0.15, 0.2) is 5.13 Å². The first-order valence-electron chi connectivity index (χ1n) is 9.36. The number of ether oxygens (including phenoxy) is 1. The molecule has 3 rings (SSSR count). The molecule has 0 aliphatic carbocycles. The predicted molar refractivity (Wildman–Crippen MR) is 111 cm³/mol. The second-order valence-corrected chi connectivity index (χ2v) is 7.80. The molecule has 0 radical (unpaired) electrons. The van der Waals surface area contributed by atoms with Gasteiger partial charge in [0.1, 0.15) is 5.75 Å². The Kier molecular flexibility index (Phi) is 6.34. The van der Waals surface area contributed by atoms with E-state index in [2.05, 4.69) is 16.8 Å². The Morgan fingerprint density at radius 2 is 2.00 bits per heavy atom. The maximum absolute atomic E-state index is 13.0. The minimum Gasteiger partial charge on any atom is -0.496 e. The number of amides is 1. The molecule has 146 valence electrons. The van der Waals surface area contributed by atoms with Crippen LogP contribution in [0.4, 0.5) is 5.13 Å². The number of hydrogen-bond donors (Lipinski definition) is 0. The summed E-state index contributed by atoms with van der Waals surface area (Å²) in [6.45, 7) is 6.74. The molecule has 1 fully saturated rings. The third kappa shape index (κ3) is 4.42. The summed E-state index contributed by atoms with van der Waals surface area (Å²) in [6.07, 6.45) is 1.15. The molecule has 1 aromatic heterocycles. The number of hydrogen-bond acceptors (Lipinski definition) is 6. The van der Waals surface area contributed by atoms with Gasteiger partial charge in [0.2, 0.25) is 0 Å². The molecule has 1 aliphatic heterocycles. The monoisotopic (exact) mass is 388 g/mol. The van der Waals surface area contributed by atoms with Crippen molar-refractivity contribution in [2.75, 3.05) is 58.8 Å². The van der Waals surface area contributed by atoms with Crippen molar-refractivity contribution < 1.29 is 9.53 Å². The second kappa shape index (κ2) is 8.71. The smallest absolute Gasteiger partial charge is 0.253 e. The Labute approximate surface area is 165 Å². The lowest BCUT2D eigenvalue weighted by Gasteiger charge is -2.34. The van der Waals surface area contributed by atoms with Crippen LogP contribution in [0.15, 0.2) is 23.6 Å². The van der Waals surface area contributed by atoms with Crippen LogP contribution in [0, 0.1) is 0 Å². The third-order valence-corrected chi connectivity index (χ3v) is 5.80. The minimum atomic E-state index is 0.0816. The van der Waals surface area contributed by atoms with Crippen LogP contribution in [0.25, 0.3) is 11.3 Å². The molecule has 0 spiro atoms. The molecule has 0 unspecified atom stereocenters. The first-order chi connectivity index (χ1) is 13.0. The van der Waals surface area contributed by atoms with E-state index in [0.717, 1.165) is 61.3 Å². The molecule has 2 aromatic rings. The van der Waals surface area contributed by atoms with Gasteiger partial charge in [-0.05, 0) is 31.2 Å². The van der Waals surface area contributed by atoms with Gasteiger partial charge in [-0.2, -0.15) is 0 Å². The fourth-order valence-corrected chi connectivity index (χ4v) is 4.07. The van der Waals surface area contributed by atoms with Crippen molar-refractivity contribution in [3.63, 3.8) is 0 Å². The molecule has 1 aliphatic rings. The first-order valence-corrected chi connectivity index (χ1v) is 10.2. The van der Waals surface area contributed by atoms with Gasteiger partial charge < -0.3 is 14.5 Å². The van der Waals surface area contributed by atoms with E-state index in [9.17, 15) is 4.79 Å². The second-order valence-electron chi connectivity index (χ2n) is 6.96. The zero-order valence-corrected chi connectivity index (χ0v) is 17.4. The highest BCUT2D eigenvalue weighted by Crippen LogP contribution is 2.34. The van der Waals surface area contributed by atoms with Gasteiger partial charge in [0, 0.05) is 56.8 Å². The molecule has 0 atom stereocenters. The Bertz CT molecular complexity index is 782. The third-order valence-electron chi connectivity index (χ3n) is 4.80. The van der Waals surface area contributed by atoms with Crippen LogP contribution in [0.2, 0.25) is 0 Å². The molecule has 0 N–H and O–H groups in total. The van der Waals surface area contributed by atoms with Crippen molar-refractivity contribution in [3.05, 3.63) is 29.1 Å². The lowest BCUT2D eigenvalue weighted by Crippen LogP contribution is -2.48. The molecule has 0 saturated carbocycles. The van der Waals surface area contributed by atoms with Gasteiger partial charge in [0.05, 0.1) is 12.8 Å². The van der Waals surface area contributed by atoms with Gasteiger partial charge in [-0.3, -0.25) is 9.69 Å². The average molecular weight is 389 g/mol. The summed E-state index contributed by atoms with van der Waals surface area (Å²) < 4.78 is 5.51. The summed E-state index contributed by atoms with van der Waals surface area (Å²) in [5, 5.41) is 2.93. The van der Waals surface area contributed by atoms with Gasteiger partial charge in [-0.1, -0.05) is 6.92 Å². The zero-order chi connectivity index (χ0) is 19.4. The molecule has 1 saturated heterocycles. The standard InChI is InChI=1S/C20H28N4O2S/c1-5-8-23-9-11-24(12-10-23)19(25)15-6-7-18(26-4)16(13-15)17-14-27-20(21-17)22(2)3/h6-7,13-14H,5,8-12H2,1-4H3. The number of anilines is 1. The van der Waals surface area contributed by atoms with Crippen molar-refractivity contribution in [1.82, 2.24) is 14.8 Å². The van der Waals surface area contributed by atoms with E-state index in [-0.39, 0.29) is 5.91 Å². The molecule has 0 bridgehead atoms. The van der Waals surface area contributed by atoms with E-state index >= 15 is 0 Å². The molecule has 2 heterocycles. The van der Waals surface area contributed by atoms with E-state index in [4.69, 9.17) is 4.74 Å². The maximum atomic E-state index is 13.0. The van der Waals surface area contributed by atoms with Crippen molar-refractivity contribution >= 4 is 22.4 Å². The summed E-state index contributed by atoms with van der Waals surface area (Å²) >= 11 is 1.58. The number of piperazine rings is 1. The number of thiazole rings is 1. The summed E-state index contributed by atoms with van der Waals surface area (Å²) in [6, 6.07) is 5.63. The number of aromatic nitrogens is 1. The fraction of sp³-hybridized carbons (Fsp3) is 0.500. The fourth-order valence-electron chi connectivity index (χ4n) is 3.31. The topological polar surface area (TPSA) is 48.9 Å². The molecular weight excluding hydrogens is 360 g/mol. The number of nitrogens with zero attached hydrogens (tertiary/aromatic N) is 4. The normalized spacial score (nSPS) is 15.0. The van der Waals surface area contributed by atoms with E-state index in [1.807, 2.05) is 47.5 Å². The summed E-state index contributed by atoms with van der Waals surface area (Å²) in [4.78, 5) is 24.0. The quantitative estimate of drug-likeness (QED) is 0.761. The summed E-state index contributed by atoms with van der Waals surface area (Å²) in [5.41, 5.74) is 2.38. The summed E-state index contributed by atoms with van der Waals surface area (Å²) in [7, 11) is 5.59. The van der Waals surface area contributed by atoms with Crippen molar-refractivity contribution in [3.8, 4) is 17.0 Å². The molecule has 1 aromatic carbocycles. The Balaban J connectivity index is 1.81. The van der Waals surface area contributed by atoms with Crippen LogP contribution >= 0.6 is 11.3 Å². The number of benzene rings is 1. The predicted octanol–water partition coefficient (Wildman–Crippen LogP) is 3.05. The molecule has 6 nitrogen and oxygen atoms in total. The van der Waals surface area contributed by atoms with E-state index in [0.29, 0.717) is 5.56 Å². The SMILES string of the molecule is CCCN1CCN(C(=O)c2ccc(OC)c(-c3csc(N(C)C)n3)c2)CC1. The van der Waals surface area contributed by atoms with Gasteiger partial charge in [-0.15, -0.1) is 11.3 Å². The largest absolute Gasteiger partial charge is 0.496 e. The number of carbonyl (C=O) groups excluding carboxylic acids is 1. The van der Waals surface area contributed by atoms with Crippen LogP contribution in [-0.4, -0.2) is 74.6 Å². The molecule has 27 heavy (non-hydrogen) atoms. The van der Waals surface area contributed by atoms with Crippen LogP contribution in [-0.2, 0) is 0 Å². The van der Waals surface area contributed by atoms with Gasteiger partial charge in [-0.25, -0.2) is 4.98 Å². The van der Waals surface area contributed by atoms with Crippen LogP contribution in [0.3, 0.4) is 0 Å². The van der Waals surface area contributed by atoms with E-state index in [1.54, 1.807) is 18.4 Å². The first kappa shape index (κ1) is 19.6. The number of carbonyl (C=O) groups is 1. The van der Waals surface area contributed by atoms with Crippen molar-refractivity contribution in [2.45, 2.75) is 13.3 Å². The Morgan fingerprint density at radius 3 is 2.59 bits per heavy atom. The molecule has 7 heteroatoms. The average Bonchev–Trinajstić information content (AvgIpc) is 3.18. The maximum Gasteiger partial charge on any atom is 0.253 e. The van der Waals surface area contributed by atoms with Gasteiger partial charge >= 0.3 is 0 Å². The molecular formula is C20H28N4O2S. The lowest BCUT2D eigenvalue weighted by atomic mass is 10.1. The van der Waals surface area contributed by atoms with Crippen LogP contribution in [0.5, 0.6) is 5.75 Å². The highest BCUT2D eigenvalue weighted by Gasteiger charge is 2.23. The number of rotatable bonds is 6. The minimum absolute atomic E-state index is 0.0816.